The minimum atomic E-state index is -0.697. The molecular formula is C9H6ClFO2. The van der Waals surface area contributed by atoms with Crippen LogP contribution in [0.4, 0.5) is 4.39 Å². The Morgan fingerprint density at radius 3 is 2.62 bits per heavy atom. The van der Waals surface area contributed by atoms with Crippen LogP contribution in [0.5, 0.6) is 0 Å². The summed E-state index contributed by atoms with van der Waals surface area (Å²) in [5, 5.41) is -0.294. The standard InChI is InChI=1S/C9H6ClFO2/c1-5(13)8-6(4-12)2-3-7(11)9(8)10/h2-4H,1H3. The fourth-order valence-electron chi connectivity index (χ4n) is 1.02. The van der Waals surface area contributed by atoms with Crippen LogP contribution in [0.15, 0.2) is 12.1 Å². The Balaban J connectivity index is 3.50. The van der Waals surface area contributed by atoms with E-state index < -0.39 is 11.6 Å². The fourth-order valence-corrected chi connectivity index (χ4v) is 1.33. The van der Waals surface area contributed by atoms with Gasteiger partial charge in [0.15, 0.2) is 12.1 Å². The molecule has 1 rings (SSSR count). The van der Waals surface area contributed by atoms with Gasteiger partial charge in [0.1, 0.15) is 5.82 Å². The highest BCUT2D eigenvalue weighted by molar-refractivity contribution is 6.34. The Labute approximate surface area is 79.3 Å². The number of carbonyl (C=O) groups is 2. The van der Waals surface area contributed by atoms with Crippen molar-refractivity contribution in [3.05, 3.63) is 34.1 Å². The number of Topliss-reactive ketones (excluding diaryl/α,β-unsaturated/α-hetero) is 1. The van der Waals surface area contributed by atoms with Gasteiger partial charge in [-0.1, -0.05) is 11.6 Å². The van der Waals surface area contributed by atoms with Crippen molar-refractivity contribution in [2.24, 2.45) is 0 Å². The minimum Gasteiger partial charge on any atom is -0.298 e. The zero-order valence-corrected chi connectivity index (χ0v) is 7.56. The van der Waals surface area contributed by atoms with Crippen LogP contribution in [0.2, 0.25) is 5.02 Å². The number of carbonyl (C=O) groups excluding carboxylic acids is 2. The number of hydrogen-bond donors (Lipinski definition) is 0. The number of hydrogen-bond acceptors (Lipinski definition) is 2. The second kappa shape index (κ2) is 3.66. The molecule has 0 saturated heterocycles. The van der Waals surface area contributed by atoms with Crippen LogP contribution in [0.3, 0.4) is 0 Å². The predicted octanol–water partition coefficient (Wildman–Crippen LogP) is 2.49. The molecule has 0 atom stereocenters. The van der Waals surface area contributed by atoms with Gasteiger partial charge in [0.2, 0.25) is 0 Å². The molecule has 0 aliphatic carbocycles. The zero-order valence-electron chi connectivity index (χ0n) is 6.80. The molecule has 4 heteroatoms. The monoisotopic (exact) mass is 200 g/mol. The number of halogens is 2. The second-order valence-corrected chi connectivity index (χ2v) is 2.88. The third-order valence-electron chi connectivity index (χ3n) is 1.61. The third-order valence-corrected chi connectivity index (χ3v) is 1.98. The van der Waals surface area contributed by atoms with Gasteiger partial charge in [-0.2, -0.15) is 0 Å². The summed E-state index contributed by atoms with van der Waals surface area (Å²) in [5.74, 6) is -1.12. The van der Waals surface area contributed by atoms with Gasteiger partial charge in [0, 0.05) is 11.1 Å². The van der Waals surface area contributed by atoms with Gasteiger partial charge in [0.25, 0.3) is 0 Å². The molecule has 0 bridgehead atoms. The molecule has 0 aliphatic rings. The lowest BCUT2D eigenvalue weighted by atomic mass is 10.1. The van der Waals surface area contributed by atoms with Crippen LogP contribution in [0.1, 0.15) is 27.6 Å². The van der Waals surface area contributed by atoms with E-state index in [0.29, 0.717) is 6.29 Å². The maximum absolute atomic E-state index is 12.9. The molecule has 1 aromatic rings. The third kappa shape index (κ3) is 1.75. The molecule has 0 N–H and O–H groups in total. The molecule has 0 aliphatic heterocycles. The normalized spacial score (nSPS) is 9.77. The van der Waals surface area contributed by atoms with Crippen molar-refractivity contribution < 1.29 is 14.0 Å². The lowest BCUT2D eigenvalue weighted by Gasteiger charge is -2.03. The van der Waals surface area contributed by atoms with Gasteiger partial charge in [0.05, 0.1) is 5.02 Å². The molecule has 0 unspecified atom stereocenters. The van der Waals surface area contributed by atoms with E-state index in [1.807, 2.05) is 0 Å². The summed E-state index contributed by atoms with van der Waals surface area (Å²) >= 11 is 5.52. The van der Waals surface area contributed by atoms with E-state index in [2.05, 4.69) is 0 Å². The largest absolute Gasteiger partial charge is 0.298 e. The minimum absolute atomic E-state index is 0.0586. The molecule has 0 fully saturated rings. The van der Waals surface area contributed by atoms with E-state index in [0.717, 1.165) is 6.07 Å². The van der Waals surface area contributed by atoms with Crippen molar-refractivity contribution in [2.75, 3.05) is 0 Å². The first kappa shape index (κ1) is 9.86. The van der Waals surface area contributed by atoms with E-state index in [-0.39, 0.29) is 16.1 Å². The van der Waals surface area contributed by atoms with Gasteiger partial charge in [-0.25, -0.2) is 4.39 Å². The van der Waals surface area contributed by atoms with Gasteiger partial charge in [-0.15, -0.1) is 0 Å². The molecule has 0 heterocycles. The molecule has 0 amide bonds. The number of aldehydes is 1. The first-order chi connectivity index (χ1) is 6.07. The molecule has 0 saturated carbocycles. The molecule has 1 aromatic carbocycles. The van der Waals surface area contributed by atoms with Gasteiger partial charge >= 0.3 is 0 Å². The van der Waals surface area contributed by atoms with E-state index in [1.54, 1.807) is 0 Å². The average molecular weight is 201 g/mol. The van der Waals surface area contributed by atoms with Crippen molar-refractivity contribution in [3.63, 3.8) is 0 Å². The van der Waals surface area contributed by atoms with Gasteiger partial charge in [-0.3, -0.25) is 9.59 Å². The van der Waals surface area contributed by atoms with Crippen LogP contribution >= 0.6 is 11.6 Å². The number of benzene rings is 1. The maximum Gasteiger partial charge on any atom is 0.162 e. The van der Waals surface area contributed by atoms with Crippen LogP contribution in [0.25, 0.3) is 0 Å². The topological polar surface area (TPSA) is 34.1 Å². The zero-order chi connectivity index (χ0) is 10.0. The molecule has 0 spiro atoms. The summed E-state index contributed by atoms with van der Waals surface area (Å²) in [6.45, 7) is 1.23. The predicted molar refractivity (Wildman–Crippen MR) is 46.8 cm³/mol. The number of rotatable bonds is 2. The SMILES string of the molecule is CC(=O)c1c(C=O)ccc(F)c1Cl. The molecule has 0 radical (unpaired) electrons. The van der Waals surface area contributed by atoms with E-state index in [4.69, 9.17) is 11.6 Å². The molecule has 13 heavy (non-hydrogen) atoms. The highest BCUT2D eigenvalue weighted by Crippen LogP contribution is 2.23. The summed E-state index contributed by atoms with van der Waals surface area (Å²) in [4.78, 5) is 21.5. The molecular weight excluding hydrogens is 195 g/mol. The summed E-state index contributed by atoms with van der Waals surface area (Å²) in [7, 11) is 0. The second-order valence-electron chi connectivity index (χ2n) is 2.50. The summed E-state index contributed by atoms with van der Waals surface area (Å²) in [6, 6.07) is 2.28. The maximum atomic E-state index is 12.9. The quantitative estimate of drug-likeness (QED) is 0.543. The van der Waals surface area contributed by atoms with Crippen LogP contribution in [-0.4, -0.2) is 12.1 Å². The molecule has 2 nitrogen and oxygen atoms in total. The van der Waals surface area contributed by atoms with Crippen LogP contribution in [0, 0.1) is 5.82 Å². The Morgan fingerprint density at radius 1 is 1.54 bits per heavy atom. The number of ketones is 1. The van der Waals surface area contributed by atoms with Gasteiger partial charge in [-0.05, 0) is 19.1 Å². The van der Waals surface area contributed by atoms with Crippen molar-refractivity contribution in [1.82, 2.24) is 0 Å². The highest BCUT2D eigenvalue weighted by Gasteiger charge is 2.14. The van der Waals surface area contributed by atoms with Crippen molar-refractivity contribution in [3.8, 4) is 0 Å². The molecule has 0 aromatic heterocycles. The van der Waals surface area contributed by atoms with Crippen molar-refractivity contribution in [1.29, 1.82) is 0 Å². The Kier molecular flexibility index (Phi) is 2.78. The fraction of sp³-hybridized carbons (Fsp3) is 0.111. The Hall–Kier alpha value is -1.22. The van der Waals surface area contributed by atoms with Gasteiger partial charge < -0.3 is 0 Å². The Morgan fingerprint density at radius 2 is 2.15 bits per heavy atom. The van der Waals surface area contributed by atoms with E-state index >= 15 is 0 Å². The Bertz CT molecular complexity index is 374. The first-order valence-electron chi connectivity index (χ1n) is 3.52. The smallest absolute Gasteiger partial charge is 0.162 e. The first-order valence-corrected chi connectivity index (χ1v) is 3.90. The lowest BCUT2D eigenvalue weighted by molar-refractivity contribution is 0.100. The van der Waals surface area contributed by atoms with E-state index in [9.17, 15) is 14.0 Å². The van der Waals surface area contributed by atoms with Crippen molar-refractivity contribution >= 4 is 23.7 Å². The summed E-state index contributed by atoms with van der Waals surface area (Å²) in [6.07, 6.45) is 0.474. The van der Waals surface area contributed by atoms with Crippen LogP contribution < -0.4 is 0 Å². The average Bonchev–Trinajstić information content (AvgIpc) is 2.08. The van der Waals surface area contributed by atoms with E-state index in [1.165, 1.54) is 13.0 Å². The summed E-state index contributed by atoms with van der Waals surface area (Å²) < 4.78 is 12.9. The summed E-state index contributed by atoms with van der Waals surface area (Å²) in [5.41, 5.74) is 0.0515. The highest BCUT2D eigenvalue weighted by atomic mass is 35.5. The van der Waals surface area contributed by atoms with Crippen molar-refractivity contribution in [2.45, 2.75) is 6.92 Å². The molecule has 68 valence electrons. The van der Waals surface area contributed by atoms with Crippen LogP contribution in [-0.2, 0) is 0 Å². The lowest BCUT2D eigenvalue weighted by Crippen LogP contribution is -2.01.